The summed E-state index contributed by atoms with van der Waals surface area (Å²) >= 11 is 2.15. The van der Waals surface area contributed by atoms with Gasteiger partial charge in [0.1, 0.15) is 6.10 Å². The van der Waals surface area contributed by atoms with Gasteiger partial charge in [-0.25, -0.2) is 0 Å². The summed E-state index contributed by atoms with van der Waals surface area (Å²) < 4.78 is 5.53. The first kappa shape index (κ1) is 8.22. The highest BCUT2D eigenvalue weighted by molar-refractivity contribution is 14.1. The molecule has 0 amide bonds. The van der Waals surface area contributed by atoms with Crippen LogP contribution in [0.3, 0.4) is 0 Å². The van der Waals surface area contributed by atoms with Gasteiger partial charge in [-0.1, -0.05) is 22.6 Å². The Morgan fingerprint density at radius 1 is 1.09 bits per heavy atom. The lowest BCUT2D eigenvalue weighted by atomic mass is 10.0. The summed E-state index contributed by atoms with van der Waals surface area (Å²) in [6, 6.07) is 0. The molecule has 2 bridgehead atoms. The van der Waals surface area contributed by atoms with Crippen LogP contribution in [0.15, 0.2) is 0 Å². The van der Waals surface area contributed by atoms with Crippen molar-refractivity contribution in [1.29, 1.82) is 0 Å². The van der Waals surface area contributed by atoms with Crippen LogP contribution in [0.1, 0.15) is 12.8 Å². The molecule has 2 unspecified atom stereocenters. The molecule has 11 heavy (non-hydrogen) atoms. The maximum absolute atomic E-state index is 9.49. The number of aliphatic hydroxyl groups excluding tert-OH is 2. The molecule has 0 radical (unpaired) electrons. The second-order valence-corrected chi connectivity index (χ2v) is 4.65. The van der Waals surface area contributed by atoms with Gasteiger partial charge in [0.05, 0.1) is 22.2 Å². The van der Waals surface area contributed by atoms with Gasteiger partial charge in [0, 0.05) is 0 Å². The molecule has 0 saturated carbocycles. The van der Waals surface area contributed by atoms with E-state index in [2.05, 4.69) is 22.6 Å². The Morgan fingerprint density at radius 2 is 1.73 bits per heavy atom. The molecule has 2 saturated heterocycles. The number of halogens is 1. The van der Waals surface area contributed by atoms with Crippen LogP contribution in [0.4, 0.5) is 0 Å². The number of hydrogen-bond acceptors (Lipinski definition) is 3. The minimum atomic E-state index is -0.671. The van der Waals surface area contributed by atoms with Crippen LogP contribution in [0.25, 0.3) is 0 Å². The molecule has 2 heterocycles. The average Bonchev–Trinajstić information content (AvgIpc) is 2.44. The van der Waals surface area contributed by atoms with Crippen LogP contribution in [0.2, 0.25) is 0 Å². The van der Waals surface area contributed by atoms with E-state index in [0.29, 0.717) is 0 Å². The summed E-state index contributed by atoms with van der Waals surface area (Å²) in [5.41, 5.74) is 0. The van der Waals surface area contributed by atoms with Crippen molar-refractivity contribution in [2.75, 3.05) is 0 Å². The molecule has 0 aromatic heterocycles. The average molecular weight is 270 g/mol. The lowest BCUT2D eigenvalue weighted by molar-refractivity contribution is -0.128. The van der Waals surface area contributed by atoms with Gasteiger partial charge in [0.15, 0.2) is 0 Å². The van der Waals surface area contributed by atoms with E-state index in [4.69, 9.17) is 4.74 Å². The Labute approximate surface area is 78.9 Å². The molecule has 4 heteroatoms. The van der Waals surface area contributed by atoms with E-state index in [1.165, 1.54) is 0 Å². The van der Waals surface area contributed by atoms with Gasteiger partial charge in [-0.15, -0.1) is 0 Å². The minimum Gasteiger partial charge on any atom is -0.389 e. The topological polar surface area (TPSA) is 49.7 Å². The van der Waals surface area contributed by atoms with E-state index in [1.54, 1.807) is 0 Å². The second kappa shape index (κ2) is 2.83. The third-order valence-corrected chi connectivity index (χ3v) is 4.04. The SMILES string of the molecule is O[C@@H]1C2CC[C@H](O2)C(I)[C@H]1O. The number of rotatable bonds is 0. The molecule has 2 fully saturated rings. The first-order chi connectivity index (χ1) is 5.20. The molecule has 2 aliphatic rings. The van der Waals surface area contributed by atoms with Gasteiger partial charge in [-0.05, 0) is 12.8 Å². The number of fused-ring (bicyclic) bond motifs is 2. The number of ether oxygens (including phenoxy) is 1. The van der Waals surface area contributed by atoms with E-state index in [9.17, 15) is 10.2 Å². The van der Waals surface area contributed by atoms with Gasteiger partial charge in [0.25, 0.3) is 0 Å². The summed E-state index contributed by atoms with van der Waals surface area (Å²) in [5.74, 6) is 0. The first-order valence-electron chi connectivity index (χ1n) is 3.86. The van der Waals surface area contributed by atoms with Crippen molar-refractivity contribution in [3.8, 4) is 0 Å². The van der Waals surface area contributed by atoms with Crippen LogP contribution >= 0.6 is 22.6 Å². The molecule has 2 aliphatic heterocycles. The Bertz CT molecular complexity index is 144. The lowest BCUT2D eigenvalue weighted by Crippen LogP contribution is -2.50. The normalized spacial score (nSPS) is 56.5. The van der Waals surface area contributed by atoms with Crippen molar-refractivity contribution in [2.24, 2.45) is 0 Å². The molecular formula is C7H11IO3. The van der Waals surface area contributed by atoms with Crippen LogP contribution in [-0.4, -0.2) is 38.6 Å². The molecule has 0 aliphatic carbocycles. The number of aliphatic hydroxyl groups is 2. The smallest absolute Gasteiger partial charge is 0.107 e. The highest BCUT2D eigenvalue weighted by Crippen LogP contribution is 2.36. The molecule has 2 rings (SSSR count). The summed E-state index contributed by atoms with van der Waals surface area (Å²) in [6.45, 7) is 0. The predicted molar refractivity (Wildman–Crippen MR) is 47.7 cm³/mol. The number of alkyl halides is 1. The second-order valence-electron chi connectivity index (χ2n) is 3.22. The van der Waals surface area contributed by atoms with Crippen molar-refractivity contribution in [2.45, 2.75) is 41.2 Å². The van der Waals surface area contributed by atoms with Gasteiger partial charge in [-0.3, -0.25) is 0 Å². The summed E-state index contributed by atoms with van der Waals surface area (Å²) in [5, 5.41) is 18.9. The monoisotopic (exact) mass is 270 g/mol. The maximum atomic E-state index is 9.49. The van der Waals surface area contributed by atoms with Gasteiger partial charge in [0.2, 0.25) is 0 Å². The molecule has 0 spiro atoms. The molecule has 3 nitrogen and oxygen atoms in total. The summed E-state index contributed by atoms with van der Waals surface area (Å²) in [6.07, 6.45) is 0.659. The van der Waals surface area contributed by atoms with Crippen molar-refractivity contribution in [3.63, 3.8) is 0 Å². The Hall–Kier alpha value is 0.610. The van der Waals surface area contributed by atoms with E-state index < -0.39 is 12.2 Å². The number of hydrogen-bond donors (Lipinski definition) is 2. The third-order valence-electron chi connectivity index (χ3n) is 2.50. The standard InChI is InChI=1S/C7H11IO3/c8-5-3-1-2-4(11-3)6(9)7(5)10/h3-7,9-10H,1-2H2/t3-,4?,5?,6+,7+/m0/s1. The fourth-order valence-corrected chi connectivity index (χ4v) is 2.76. The van der Waals surface area contributed by atoms with E-state index >= 15 is 0 Å². The van der Waals surface area contributed by atoms with Crippen molar-refractivity contribution >= 4 is 22.6 Å². The summed E-state index contributed by atoms with van der Waals surface area (Å²) in [7, 11) is 0. The van der Waals surface area contributed by atoms with Crippen LogP contribution < -0.4 is 0 Å². The zero-order valence-corrected chi connectivity index (χ0v) is 8.14. The zero-order valence-electron chi connectivity index (χ0n) is 5.98. The molecule has 64 valence electrons. The van der Waals surface area contributed by atoms with E-state index in [0.717, 1.165) is 12.8 Å². The van der Waals surface area contributed by atoms with Gasteiger partial charge in [-0.2, -0.15) is 0 Å². The highest BCUT2D eigenvalue weighted by Gasteiger charge is 2.46. The van der Waals surface area contributed by atoms with Crippen molar-refractivity contribution < 1.29 is 14.9 Å². The van der Waals surface area contributed by atoms with Crippen LogP contribution in [0, 0.1) is 0 Å². The largest absolute Gasteiger partial charge is 0.389 e. The highest BCUT2D eigenvalue weighted by atomic mass is 127. The minimum absolute atomic E-state index is 0.0568. The Balaban J connectivity index is 2.16. The van der Waals surface area contributed by atoms with Gasteiger partial charge < -0.3 is 14.9 Å². The Morgan fingerprint density at radius 3 is 2.45 bits per heavy atom. The van der Waals surface area contributed by atoms with Crippen molar-refractivity contribution in [1.82, 2.24) is 0 Å². The zero-order chi connectivity index (χ0) is 8.01. The fourth-order valence-electron chi connectivity index (χ4n) is 1.80. The molecule has 0 aromatic carbocycles. The Kier molecular flexibility index (Phi) is 2.11. The van der Waals surface area contributed by atoms with Crippen LogP contribution in [-0.2, 0) is 4.74 Å². The van der Waals surface area contributed by atoms with E-state index in [-0.39, 0.29) is 16.1 Å². The predicted octanol–water partition coefficient (Wildman–Crippen LogP) is 0.0730. The summed E-state index contributed by atoms with van der Waals surface area (Å²) in [4.78, 5) is 0. The van der Waals surface area contributed by atoms with E-state index in [1.807, 2.05) is 0 Å². The molecule has 5 atom stereocenters. The molecule has 2 N–H and O–H groups in total. The third kappa shape index (κ3) is 1.20. The van der Waals surface area contributed by atoms with Gasteiger partial charge >= 0.3 is 0 Å². The first-order valence-corrected chi connectivity index (χ1v) is 5.10. The molecule has 0 aromatic rings. The quantitative estimate of drug-likeness (QED) is 0.484. The fraction of sp³-hybridized carbons (Fsp3) is 1.00. The van der Waals surface area contributed by atoms with Crippen molar-refractivity contribution in [3.05, 3.63) is 0 Å². The maximum Gasteiger partial charge on any atom is 0.107 e. The lowest BCUT2D eigenvalue weighted by Gasteiger charge is -2.34. The molecular weight excluding hydrogens is 259 g/mol. The van der Waals surface area contributed by atoms with Crippen LogP contribution in [0.5, 0.6) is 0 Å².